The Morgan fingerprint density at radius 3 is 2.44 bits per heavy atom. The summed E-state index contributed by atoms with van der Waals surface area (Å²) in [5, 5.41) is 7.65. The highest BCUT2D eigenvalue weighted by molar-refractivity contribution is 7.89. The number of hydrogen-bond donors (Lipinski definition) is 1. The van der Waals surface area contributed by atoms with Gasteiger partial charge in [0.15, 0.2) is 0 Å². The van der Waals surface area contributed by atoms with Crippen molar-refractivity contribution in [3.05, 3.63) is 60.6 Å². The van der Waals surface area contributed by atoms with Crippen LogP contribution in [0.25, 0.3) is 5.69 Å². The van der Waals surface area contributed by atoms with Crippen molar-refractivity contribution in [2.45, 2.75) is 11.4 Å². The van der Waals surface area contributed by atoms with Gasteiger partial charge in [0.2, 0.25) is 10.0 Å². The Bertz CT molecular complexity index is 996. The van der Waals surface area contributed by atoms with E-state index in [1.165, 1.54) is 26.4 Å². The summed E-state index contributed by atoms with van der Waals surface area (Å²) >= 11 is 0. The molecule has 0 amide bonds. The Morgan fingerprint density at radius 1 is 1.11 bits per heavy atom. The molecular weight excluding hydrogens is 366 g/mol. The first kappa shape index (κ1) is 18.9. The van der Waals surface area contributed by atoms with Crippen LogP contribution in [0.15, 0.2) is 59.8 Å². The van der Waals surface area contributed by atoms with Crippen molar-refractivity contribution in [1.82, 2.24) is 19.1 Å². The average molecular weight is 387 g/mol. The van der Waals surface area contributed by atoms with Gasteiger partial charge < -0.3 is 10.1 Å². The van der Waals surface area contributed by atoms with E-state index in [1.54, 1.807) is 17.9 Å². The average Bonchev–Trinajstić information content (AvgIpc) is 3.15. The lowest BCUT2D eigenvalue weighted by atomic mass is 10.3. The van der Waals surface area contributed by atoms with Crippen LogP contribution in [0.4, 0.5) is 5.82 Å². The molecule has 9 heteroatoms. The van der Waals surface area contributed by atoms with E-state index in [0.29, 0.717) is 12.4 Å². The Kier molecular flexibility index (Phi) is 5.43. The van der Waals surface area contributed by atoms with E-state index in [1.807, 2.05) is 36.5 Å². The van der Waals surface area contributed by atoms with Gasteiger partial charge in [0.05, 0.1) is 25.0 Å². The van der Waals surface area contributed by atoms with Crippen LogP contribution in [0.5, 0.6) is 5.75 Å². The molecule has 142 valence electrons. The summed E-state index contributed by atoms with van der Waals surface area (Å²) in [5.74, 6) is 1.37. The number of nitrogens with one attached hydrogen (secondary N) is 1. The first-order valence-electron chi connectivity index (χ1n) is 8.21. The predicted octanol–water partition coefficient (Wildman–Crippen LogP) is 2.14. The number of anilines is 1. The van der Waals surface area contributed by atoms with Crippen LogP contribution in [0.1, 0.15) is 5.69 Å². The van der Waals surface area contributed by atoms with Gasteiger partial charge in [0.25, 0.3) is 0 Å². The molecule has 3 aromatic rings. The number of methoxy groups -OCH3 is 1. The zero-order valence-electron chi connectivity index (χ0n) is 15.3. The Labute approximate surface area is 158 Å². The molecule has 27 heavy (non-hydrogen) atoms. The number of sulfonamides is 1. The van der Waals surface area contributed by atoms with Gasteiger partial charge in [-0.25, -0.2) is 22.4 Å². The first-order chi connectivity index (χ1) is 12.9. The molecule has 2 aromatic heterocycles. The first-order valence-corrected chi connectivity index (χ1v) is 9.65. The van der Waals surface area contributed by atoms with E-state index < -0.39 is 10.0 Å². The van der Waals surface area contributed by atoms with Crippen molar-refractivity contribution in [3.8, 4) is 11.4 Å². The zero-order chi connectivity index (χ0) is 19.4. The molecular formula is C18H21N5O3S. The highest BCUT2D eigenvalue weighted by Gasteiger charge is 2.17. The molecule has 0 spiro atoms. The Morgan fingerprint density at radius 2 is 1.85 bits per heavy atom. The van der Waals surface area contributed by atoms with Gasteiger partial charge in [-0.3, -0.25) is 0 Å². The van der Waals surface area contributed by atoms with E-state index >= 15 is 0 Å². The van der Waals surface area contributed by atoms with Gasteiger partial charge in [-0.2, -0.15) is 5.10 Å². The van der Waals surface area contributed by atoms with Crippen molar-refractivity contribution in [2.24, 2.45) is 0 Å². The minimum atomic E-state index is -3.47. The van der Waals surface area contributed by atoms with Gasteiger partial charge in [0.1, 0.15) is 16.5 Å². The van der Waals surface area contributed by atoms with E-state index in [-0.39, 0.29) is 4.90 Å². The lowest BCUT2D eigenvalue weighted by Gasteiger charge is -2.11. The van der Waals surface area contributed by atoms with Crippen LogP contribution in [0, 0.1) is 0 Å². The third kappa shape index (κ3) is 4.26. The summed E-state index contributed by atoms with van der Waals surface area (Å²) in [6.45, 7) is 0.468. The molecule has 0 bridgehead atoms. The summed E-state index contributed by atoms with van der Waals surface area (Å²) in [7, 11) is 1.13. The maximum absolute atomic E-state index is 12.0. The van der Waals surface area contributed by atoms with Crippen LogP contribution in [0.2, 0.25) is 0 Å². The maximum atomic E-state index is 12.0. The van der Waals surface area contributed by atoms with E-state index in [4.69, 9.17) is 4.74 Å². The third-order valence-corrected chi connectivity index (χ3v) is 5.75. The number of aromatic nitrogens is 3. The molecule has 2 heterocycles. The van der Waals surface area contributed by atoms with Crippen LogP contribution >= 0.6 is 0 Å². The summed E-state index contributed by atoms with van der Waals surface area (Å²) in [5.41, 5.74) is 1.76. The van der Waals surface area contributed by atoms with Crippen molar-refractivity contribution in [2.75, 3.05) is 26.5 Å². The fraction of sp³-hybridized carbons (Fsp3) is 0.222. The monoisotopic (exact) mass is 387 g/mol. The predicted molar refractivity (Wildman–Crippen MR) is 103 cm³/mol. The SMILES string of the molecule is COc1ccc(-n2ccc(CNc3ccc(S(=O)(=O)N(C)C)cn3)n2)cc1. The quantitative estimate of drug-likeness (QED) is 0.668. The van der Waals surface area contributed by atoms with Crippen LogP contribution in [0.3, 0.4) is 0 Å². The molecule has 0 unspecified atom stereocenters. The molecule has 0 atom stereocenters. The lowest BCUT2D eigenvalue weighted by Crippen LogP contribution is -2.22. The molecule has 3 rings (SSSR count). The van der Waals surface area contributed by atoms with Gasteiger partial charge >= 0.3 is 0 Å². The largest absolute Gasteiger partial charge is 0.497 e. The van der Waals surface area contributed by atoms with E-state index in [9.17, 15) is 8.42 Å². The zero-order valence-corrected chi connectivity index (χ0v) is 16.1. The molecule has 0 saturated heterocycles. The van der Waals surface area contributed by atoms with Gasteiger partial charge in [-0.1, -0.05) is 0 Å². The number of pyridine rings is 1. The minimum absolute atomic E-state index is 0.154. The lowest BCUT2D eigenvalue weighted by molar-refractivity contribution is 0.414. The van der Waals surface area contributed by atoms with Crippen molar-refractivity contribution in [1.29, 1.82) is 0 Å². The number of benzene rings is 1. The topological polar surface area (TPSA) is 89.4 Å². The molecule has 0 fully saturated rings. The van der Waals surface area contributed by atoms with Crippen LogP contribution in [-0.2, 0) is 16.6 Å². The third-order valence-electron chi connectivity index (χ3n) is 3.95. The minimum Gasteiger partial charge on any atom is -0.497 e. The molecule has 0 saturated carbocycles. The molecule has 8 nitrogen and oxygen atoms in total. The second-order valence-electron chi connectivity index (χ2n) is 5.97. The van der Waals surface area contributed by atoms with E-state index in [0.717, 1.165) is 21.4 Å². The molecule has 0 radical (unpaired) electrons. The molecule has 1 aromatic carbocycles. The highest BCUT2D eigenvalue weighted by atomic mass is 32.2. The number of ether oxygens (including phenoxy) is 1. The van der Waals surface area contributed by atoms with Gasteiger partial charge in [0, 0.05) is 26.5 Å². The molecule has 0 aliphatic rings. The van der Waals surface area contributed by atoms with Crippen molar-refractivity contribution in [3.63, 3.8) is 0 Å². The molecule has 0 aliphatic heterocycles. The van der Waals surface area contributed by atoms with Crippen LogP contribution in [-0.4, -0.2) is 48.7 Å². The second-order valence-corrected chi connectivity index (χ2v) is 8.12. The van der Waals surface area contributed by atoms with Crippen molar-refractivity contribution < 1.29 is 13.2 Å². The normalized spacial score (nSPS) is 11.6. The van der Waals surface area contributed by atoms with Gasteiger partial charge in [-0.05, 0) is 42.5 Å². The highest BCUT2D eigenvalue weighted by Crippen LogP contribution is 2.16. The molecule has 0 aliphatic carbocycles. The summed E-state index contributed by atoms with van der Waals surface area (Å²) < 4.78 is 32.2. The maximum Gasteiger partial charge on any atom is 0.244 e. The number of rotatable bonds is 7. The fourth-order valence-corrected chi connectivity index (χ4v) is 3.21. The van der Waals surface area contributed by atoms with Crippen LogP contribution < -0.4 is 10.1 Å². The Hall–Kier alpha value is -2.91. The Balaban J connectivity index is 1.64. The number of hydrogen-bond acceptors (Lipinski definition) is 6. The van der Waals surface area contributed by atoms with Gasteiger partial charge in [-0.15, -0.1) is 0 Å². The standard InChI is InChI=1S/C18H21N5O3S/c1-22(2)27(24,25)17-8-9-18(20-13-17)19-12-14-10-11-23(21-14)15-4-6-16(26-3)7-5-15/h4-11,13H,12H2,1-3H3,(H,19,20). The smallest absolute Gasteiger partial charge is 0.244 e. The summed E-state index contributed by atoms with van der Waals surface area (Å²) in [6.07, 6.45) is 3.21. The number of nitrogens with zero attached hydrogens (tertiary/aromatic N) is 4. The van der Waals surface area contributed by atoms with E-state index in [2.05, 4.69) is 15.4 Å². The van der Waals surface area contributed by atoms with Crippen molar-refractivity contribution >= 4 is 15.8 Å². The second kappa shape index (κ2) is 7.77. The summed E-state index contributed by atoms with van der Waals surface area (Å²) in [4.78, 5) is 4.32. The molecule has 1 N–H and O–H groups in total. The summed E-state index contributed by atoms with van der Waals surface area (Å²) in [6, 6.07) is 12.7. The fourth-order valence-electron chi connectivity index (χ4n) is 2.36.